The Bertz CT molecular complexity index is 467. The zero-order valence-electron chi connectivity index (χ0n) is 10.9. The molecule has 0 bridgehead atoms. The summed E-state index contributed by atoms with van der Waals surface area (Å²) in [5, 5.41) is 0. The molecular formula is C13H15F3O3. The van der Waals surface area contributed by atoms with Gasteiger partial charge in [-0.3, -0.25) is 0 Å². The fraction of sp³-hybridized carbons (Fsp3) is 0.462. The molecule has 1 rings (SSSR count). The van der Waals surface area contributed by atoms with E-state index in [1.54, 1.807) is 6.92 Å². The van der Waals surface area contributed by atoms with Gasteiger partial charge in [-0.05, 0) is 24.1 Å². The molecule has 0 fully saturated rings. The summed E-state index contributed by atoms with van der Waals surface area (Å²) in [7, 11) is 2.40. The molecule has 0 aliphatic carbocycles. The van der Waals surface area contributed by atoms with E-state index in [0.717, 1.165) is 13.2 Å². The van der Waals surface area contributed by atoms with Crippen molar-refractivity contribution in [3.63, 3.8) is 0 Å². The van der Waals surface area contributed by atoms with Crippen LogP contribution in [-0.2, 0) is 17.3 Å². The van der Waals surface area contributed by atoms with Gasteiger partial charge in [0.1, 0.15) is 11.3 Å². The molecule has 6 heteroatoms. The molecular weight excluding hydrogens is 261 g/mol. The second-order valence-corrected chi connectivity index (χ2v) is 3.95. The van der Waals surface area contributed by atoms with Gasteiger partial charge in [0, 0.05) is 0 Å². The van der Waals surface area contributed by atoms with Gasteiger partial charge in [-0.2, -0.15) is 13.2 Å². The Balaban J connectivity index is 3.47. The number of methoxy groups -OCH3 is 2. The first-order valence-electron chi connectivity index (χ1n) is 5.71. The maximum atomic E-state index is 13.0. The van der Waals surface area contributed by atoms with Gasteiger partial charge in [-0.1, -0.05) is 13.3 Å². The van der Waals surface area contributed by atoms with Crippen LogP contribution >= 0.6 is 0 Å². The largest absolute Gasteiger partial charge is 0.496 e. The monoisotopic (exact) mass is 276 g/mol. The minimum atomic E-state index is -4.51. The van der Waals surface area contributed by atoms with Gasteiger partial charge in [-0.15, -0.1) is 0 Å². The summed E-state index contributed by atoms with van der Waals surface area (Å²) in [4.78, 5) is 11.5. The Morgan fingerprint density at radius 2 is 1.89 bits per heavy atom. The molecule has 0 saturated heterocycles. The predicted molar refractivity (Wildman–Crippen MR) is 63.3 cm³/mol. The molecule has 0 amide bonds. The molecule has 0 aliphatic rings. The van der Waals surface area contributed by atoms with Crippen molar-refractivity contribution in [3.05, 3.63) is 28.8 Å². The molecule has 0 unspecified atom stereocenters. The molecule has 0 spiro atoms. The first-order valence-corrected chi connectivity index (χ1v) is 5.71. The van der Waals surface area contributed by atoms with Crippen LogP contribution in [0.2, 0.25) is 0 Å². The van der Waals surface area contributed by atoms with Crippen LogP contribution in [0.4, 0.5) is 13.2 Å². The molecule has 1 aromatic rings. The molecule has 0 radical (unpaired) electrons. The van der Waals surface area contributed by atoms with Crippen molar-refractivity contribution in [1.82, 2.24) is 0 Å². The van der Waals surface area contributed by atoms with Gasteiger partial charge < -0.3 is 9.47 Å². The molecule has 106 valence electrons. The molecule has 0 saturated carbocycles. The number of alkyl halides is 3. The highest BCUT2D eigenvalue weighted by molar-refractivity contribution is 5.93. The minimum Gasteiger partial charge on any atom is -0.496 e. The van der Waals surface area contributed by atoms with Crippen molar-refractivity contribution in [2.45, 2.75) is 25.9 Å². The molecule has 0 N–H and O–H groups in total. The van der Waals surface area contributed by atoms with Gasteiger partial charge in [0.25, 0.3) is 0 Å². The fourth-order valence-electron chi connectivity index (χ4n) is 1.80. The van der Waals surface area contributed by atoms with E-state index < -0.39 is 17.7 Å². The van der Waals surface area contributed by atoms with E-state index in [9.17, 15) is 18.0 Å². The van der Waals surface area contributed by atoms with Crippen molar-refractivity contribution < 1.29 is 27.4 Å². The molecule has 19 heavy (non-hydrogen) atoms. The van der Waals surface area contributed by atoms with Gasteiger partial charge in [-0.25, -0.2) is 4.79 Å². The van der Waals surface area contributed by atoms with E-state index in [1.165, 1.54) is 13.2 Å². The molecule has 0 atom stereocenters. The molecule has 3 nitrogen and oxygen atoms in total. The highest BCUT2D eigenvalue weighted by atomic mass is 19.4. The van der Waals surface area contributed by atoms with Crippen LogP contribution < -0.4 is 4.74 Å². The van der Waals surface area contributed by atoms with Crippen LogP contribution in [0.25, 0.3) is 0 Å². The quantitative estimate of drug-likeness (QED) is 0.790. The van der Waals surface area contributed by atoms with Crippen molar-refractivity contribution >= 4 is 5.97 Å². The lowest BCUT2D eigenvalue weighted by atomic mass is 9.99. The summed E-state index contributed by atoms with van der Waals surface area (Å²) in [6.45, 7) is 1.78. The van der Waals surface area contributed by atoms with E-state index in [1.807, 2.05) is 0 Å². The van der Waals surface area contributed by atoms with Gasteiger partial charge >= 0.3 is 12.1 Å². The lowest BCUT2D eigenvalue weighted by Gasteiger charge is -2.16. The van der Waals surface area contributed by atoms with E-state index in [2.05, 4.69) is 4.74 Å². The zero-order valence-corrected chi connectivity index (χ0v) is 10.9. The zero-order chi connectivity index (χ0) is 14.6. The molecule has 0 aromatic heterocycles. The van der Waals surface area contributed by atoms with E-state index >= 15 is 0 Å². The summed E-state index contributed by atoms with van der Waals surface area (Å²) in [6, 6.07) is 2.04. The second kappa shape index (κ2) is 5.95. The third-order valence-corrected chi connectivity index (χ3v) is 2.66. The number of carbonyl (C=O) groups excluding carboxylic acids is 1. The lowest BCUT2D eigenvalue weighted by molar-refractivity contribution is -0.138. The third kappa shape index (κ3) is 3.39. The second-order valence-electron chi connectivity index (χ2n) is 3.95. The predicted octanol–water partition coefficient (Wildman–Crippen LogP) is 3.45. The Morgan fingerprint density at radius 3 is 2.32 bits per heavy atom. The number of aryl methyl sites for hydroxylation is 1. The molecule has 0 heterocycles. The molecule has 0 aliphatic heterocycles. The standard InChI is InChI=1S/C13H15F3O3/c1-4-5-8-6-11(18-2)9(12(17)19-3)7-10(8)13(14,15)16/h6-7H,4-5H2,1-3H3. The SMILES string of the molecule is CCCc1cc(OC)c(C(=O)OC)cc1C(F)(F)F. The highest BCUT2D eigenvalue weighted by Crippen LogP contribution is 2.36. The molecule has 1 aromatic carbocycles. The average molecular weight is 276 g/mol. The number of halogens is 3. The topological polar surface area (TPSA) is 35.5 Å². The van der Waals surface area contributed by atoms with Gasteiger partial charge in [0.15, 0.2) is 0 Å². The summed E-state index contributed by atoms with van der Waals surface area (Å²) in [5.74, 6) is -0.770. The number of rotatable bonds is 4. The van der Waals surface area contributed by atoms with Crippen molar-refractivity contribution in [3.8, 4) is 5.75 Å². The Morgan fingerprint density at radius 1 is 1.26 bits per heavy atom. The summed E-state index contributed by atoms with van der Waals surface area (Å²) in [5.41, 5.74) is -0.938. The van der Waals surface area contributed by atoms with Crippen LogP contribution in [0.1, 0.15) is 34.8 Å². The summed E-state index contributed by atoms with van der Waals surface area (Å²) < 4.78 is 48.3. The smallest absolute Gasteiger partial charge is 0.416 e. The Labute approximate surface area is 109 Å². The number of hydrogen-bond acceptors (Lipinski definition) is 3. The normalized spacial score (nSPS) is 11.3. The van der Waals surface area contributed by atoms with Gasteiger partial charge in [0.05, 0.1) is 19.8 Å². The first kappa shape index (κ1) is 15.3. The van der Waals surface area contributed by atoms with Crippen LogP contribution in [0.3, 0.4) is 0 Å². The number of esters is 1. The van der Waals surface area contributed by atoms with Crippen molar-refractivity contribution in [1.29, 1.82) is 0 Å². The van der Waals surface area contributed by atoms with E-state index in [4.69, 9.17) is 4.74 Å². The fourth-order valence-corrected chi connectivity index (χ4v) is 1.80. The highest BCUT2D eigenvalue weighted by Gasteiger charge is 2.35. The Hall–Kier alpha value is -1.72. The van der Waals surface area contributed by atoms with Crippen molar-refractivity contribution in [2.24, 2.45) is 0 Å². The van der Waals surface area contributed by atoms with Crippen LogP contribution in [0, 0.1) is 0 Å². The summed E-state index contributed by atoms with van der Waals surface area (Å²) >= 11 is 0. The summed E-state index contributed by atoms with van der Waals surface area (Å²) in [6.07, 6.45) is -3.70. The van der Waals surface area contributed by atoms with Crippen LogP contribution in [0.5, 0.6) is 5.75 Å². The van der Waals surface area contributed by atoms with Crippen LogP contribution in [0.15, 0.2) is 12.1 Å². The third-order valence-electron chi connectivity index (χ3n) is 2.66. The number of carbonyl (C=O) groups is 1. The Kier molecular flexibility index (Phi) is 4.80. The maximum absolute atomic E-state index is 13.0. The van der Waals surface area contributed by atoms with Crippen molar-refractivity contribution in [2.75, 3.05) is 14.2 Å². The average Bonchev–Trinajstić information content (AvgIpc) is 2.36. The number of ether oxygens (including phenoxy) is 2. The van der Waals surface area contributed by atoms with E-state index in [-0.39, 0.29) is 23.3 Å². The van der Waals surface area contributed by atoms with Crippen LogP contribution in [-0.4, -0.2) is 20.2 Å². The first-order chi connectivity index (χ1) is 8.85. The minimum absolute atomic E-state index is 0.0864. The lowest BCUT2D eigenvalue weighted by Crippen LogP contribution is -2.13. The van der Waals surface area contributed by atoms with E-state index in [0.29, 0.717) is 6.42 Å². The van der Waals surface area contributed by atoms with Gasteiger partial charge in [0.2, 0.25) is 0 Å². The number of benzene rings is 1. The maximum Gasteiger partial charge on any atom is 0.416 e. The number of hydrogen-bond donors (Lipinski definition) is 0.